The van der Waals surface area contributed by atoms with E-state index in [1.54, 1.807) is 6.07 Å². The summed E-state index contributed by atoms with van der Waals surface area (Å²) >= 11 is 1.97. The van der Waals surface area contributed by atoms with Crippen LogP contribution in [0.15, 0.2) is 24.3 Å². The van der Waals surface area contributed by atoms with Crippen molar-refractivity contribution in [2.75, 3.05) is 12.8 Å². The molecule has 0 saturated heterocycles. The van der Waals surface area contributed by atoms with E-state index in [-0.39, 0.29) is 0 Å². The van der Waals surface area contributed by atoms with Gasteiger partial charge in [0.1, 0.15) is 5.75 Å². The zero-order valence-corrected chi connectivity index (χ0v) is 10.7. The van der Waals surface area contributed by atoms with Crippen LogP contribution in [0.2, 0.25) is 0 Å². The summed E-state index contributed by atoms with van der Waals surface area (Å²) in [7, 11) is 0. The molecule has 0 spiro atoms. The normalized spacial score (nSPS) is 19.4. The molecule has 1 atom stereocenters. The van der Waals surface area contributed by atoms with Gasteiger partial charge in [0.15, 0.2) is 0 Å². The largest absolute Gasteiger partial charge is 0.508 e. The highest BCUT2D eigenvalue weighted by molar-refractivity contribution is 8.00. The Labute approximate surface area is 101 Å². The van der Waals surface area contributed by atoms with E-state index in [1.165, 1.54) is 12.8 Å². The van der Waals surface area contributed by atoms with Gasteiger partial charge in [-0.1, -0.05) is 12.1 Å². The van der Waals surface area contributed by atoms with Gasteiger partial charge in [-0.3, -0.25) is 0 Å². The van der Waals surface area contributed by atoms with Gasteiger partial charge in [0.2, 0.25) is 0 Å². The fourth-order valence-electron chi connectivity index (χ4n) is 1.84. The molecule has 0 bridgehead atoms. The van der Waals surface area contributed by atoms with Crippen LogP contribution in [0.3, 0.4) is 0 Å². The highest BCUT2D eigenvalue weighted by atomic mass is 32.2. The number of hydrogen-bond donors (Lipinski definition) is 2. The summed E-state index contributed by atoms with van der Waals surface area (Å²) in [6.45, 7) is 3.20. The van der Waals surface area contributed by atoms with Crippen LogP contribution in [0.25, 0.3) is 0 Å². The summed E-state index contributed by atoms with van der Waals surface area (Å²) in [6, 6.07) is 7.79. The lowest BCUT2D eigenvalue weighted by Gasteiger charge is -2.19. The van der Waals surface area contributed by atoms with E-state index in [4.69, 9.17) is 0 Å². The van der Waals surface area contributed by atoms with Crippen LogP contribution >= 0.6 is 11.8 Å². The summed E-state index contributed by atoms with van der Waals surface area (Å²) in [5, 5.41) is 13.0. The molecule has 0 aliphatic heterocycles. The lowest BCUT2D eigenvalue weighted by atomic mass is 10.1. The topological polar surface area (TPSA) is 32.3 Å². The minimum absolute atomic E-state index is 0.303. The summed E-state index contributed by atoms with van der Waals surface area (Å²) in [5.74, 6) is 0.345. The molecule has 2 N–H and O–H groups in total. The standard InChI is InChI=1S/C13H19NOS/c1-10(11-4-3-5-12(15)8-11)14-9-13(16-2)6-7-13/h3-5,8,10,14-15H,6-7,9H2,1-2H3. The van der Waals surface area contributed by atoms with Gasteiger partial charge in [-0.2, -0.15) is 11.8 Å². The van der Waals surface area contributed by atoms with Crippen LogP contribution < -0.4 is 5.32 Å². The fourth-order valence-corrected chi connectivity index (χ4v) is 2.58. The maximum Gasteiger partial charge on any atom is 0.115 e. The molecule has 1 aromatic rings. The van der Waals surface area contributed by atoms with E-state index in [9.17, 15) is 5.11 Å². The Morgan fingerprint density at radius 2 is 2.25 bits per heavy atom. The molecule has 16 heavy (non-hydrogen) atoms. The third-order valence-corrected chi connectivity index (χ3v) is 4.76. The molecule has 0 radical (unpaired) electrons. The summed E-state index contributed by atoms with van der Waals surface area (Å²) in [6.07, 6.45) is 4.84. The summed E-state index contributed by atoms with van der Waals surface area (Å²) < 4.78 is 0.491. The molecule has 1 aromatic carbocycles. The Morgan fingerprint density at radius 1 is 1.50 bits per heavy atom. The minimum Gasteiger partial charge on any atom is -0.508 e. The van der Waals surface area contributed by atoms with Crippen LogP contribution in [-0.2, 0) is 0 Å². The summed E-state index contributed by atoms with van der Waals surface area (Å²) in [4.78, 5) is 0. The molecule has 1 saturated carbocycles. The molecule has 1 fully saturated rings. The number of nitrogens with one attached hydrogen (secondary N) is 1. The second kappa shape index (κ2) is 4.68. The van der Waals surface area contributed by atoms with E-state index in [1.807, 2.05) is 23.9 Å². The molecule has 0 amide bonds. The van der Waals surface area contributed by atoms with E-state index in [0.29, 0.717) is 16.5 Å². The predicted molar refractivity (Wildman–Crippen MR) is 70.0 cm³/mol. The number of benzene rings is 1. The Kier molecular flexibility index (Phi) is 3.45. The van der Waals surface area contributed by atoms with Crippen LogP contribution in [-0.4, -0.2) is 22.7 Å². The first kappa shape index (κ1) is 11.8. The zero-order valence-electron chi connectivity index (χ0n) is 9.86. The quantitative estimate of drug-likeness (QED) is 0.826. The SMILES string of the molecule is CSC1(CNC(C)c2cccc(O)c2)CC1. The van der Waals surface area contributed by atoms with E-state index in [0.717, 1.165) is 12.1 Å². The zero-order chi connectivity index (χ0) is 11.6. The van der Waals surface area contributed by atoms with Gasteiger partial charge in [-0.05, 0) is 43.7 Å². The van der Waals surface area contributed by atoms with Crippen LogP contribution in [0.5, 0.6) is 5.75 Å². The highest BCUT2D eigenvalue weighted by Crippen LogP contribution is 2.46. The molecular formula is C13H19NOS. The fraction of sp³-hybridized carbons (Fsp3) is 0.538. The van der Waals surface area contributed by atoms with Gasteiger partial charge >= 0.3 is 0 Å². The monoisotopic (exact) mass is 237 g/mol. The van der Waals surface area contributed by atoms with Gasteiger partial charge in [-0.25, -0.2) is 0 Å². The number of hydrogen-bond acceptors (Lipinski definition) is 3. The van der Waals surface area contributed by atoms with Crippen LogP contribution in [0.4, 0.5) is 0 Å². The van der Waals surface area contributed by atoms with Crippen LogP contribution in [0.1, 0.15) is 31.4 Å². The van der Waals surface area contributed by atoms with Crippen molar-refractivity contribution in [3.63, 3.8) is 0 Å². The number of phenolic OH excluding ortho intramolecular Hbond substituents is 1. The lowest BCUT2D eigenvalue weighted by molar-refractivity contribution is 0.472. The predicted octanol–water partition coefficient (Wildman–Crippen LogP) is 2.94. The molecule has 1 unspecified atom stereocenters. The molecule has 1 aliphatic carbocycles. The molecular weight excluding hydrogens is 218 g/mol. The number of phenols is 1. The lowest BCUT2D eigenvalue weighted by Crippen LogP contribution is -2.28. The van der Waals surface area contributed by atoms with E-state index < -0.39 is 0 Å². The van der Waals surface area contributed by atoms with Crippen molar-refractivity contribution in [3.8, 4) is 5.75 Å². The van der Waals surface area contributed by atoms with Crippen LogP contribution in [0, 0.1) is 0 Å². The van der Waals surface area contributed by atoms with Crippen molar-refractivity contribution >= 4 is 11.8 Å². The second-order valence-corrected chi connectivity index (χ2v) is 5.86. The molecule has 2 nitrogen and oxygen atoms in total. The Bertz CT molecular complexity index is 363. The van der Waals surface area contributed by atoms with Crippen molar-refractivity contribution in [1.82, 2.24) is 5.32 Å². The first-order valence-corrected chi connectivity index (χ1v) is 6.95. The van der Waals surface area contributed by atoms with Crippen molar-refractivity contribution < 1.29 is 5.11 Å². The third-order valence-electron chi connectivity index (χ3n) is 3.34. The average Bonchev–Trinajstić information content (AvgIpc) is 3.07. The van der Waals surface area contributed by atoms with Crippen molar-refractivity contribution in [3.05, 3.63) is 29.8 Å². The molecule has 2 rings (SSSR count). The van der Waals surface area contributed by atoms with Gasteiger partial charge in [0, 0.05) is 17.3 Å². The Morgan fingerprint density at radius 3 is 2.81 bits per heavy atom. The minimum atomic E-state index is 0.303. The van der Waals surface area contributed by atoms with Gasteiger partial charge < -0.3 is 10.4 Å². The molecule has 1 aliphatic rings. The maximum absolute atomic E-state index is 9.42. The van der Waals surface area contributed by atoms with Crippen molar-refractivity contribution in [1.29, 1.82) is 0 Å². The first-order valence-electron chi connectivity index (χ1n) is 5.73. The molecule has 0 heterocycles. The number of thioether (sulfide) groups is 1. The molecule has 0 aromatic heterocycles. The average molecular weight is 237 g/mol. The van der Waals surface area contributed by atoms with Crippen molar-refractivity contribution in [2.45, 2.75) is 30.6 Å². The number of rotatable bonds is 5. The van der Waals surface area contributed by atoms with E-state index in [2.05, 4.69) is 24.6 Å². The van der Waals surface area contributed by atoms with E-state index >= 15 is 0 Å². The Balaban J connectivity index is 1.90. The summed E-state index contributed by atoms with van der Waals surface area (Å²) in [5.41, 5.74) is 1.15. The van der Waals surface area contributed by atoms with Gasteiger partial charge in [-0.15, -0.1) is 0 Å². The Hall–Kier alpha value is -0.670. The first-order chi connectivity index (χ1) is 7.65. The smallest absolute Gasteiger partial charge is 0.115 e. The van der Waals surface area contributed by atoms with Crippen molar-refractivity contribution in [2.24, 2.45) is 0 Å². The van der Waals surface area contributed by atoms with Gasteiger partial charge in [0.25, 0.3) is 0 Å². The molecule has 88 valence electrons. The molecule has 3 heteroatoms. The second-order valence-electron chi connectivity index (χ2n) is 4.58. The third kappa shape index (κ3) is 2.71. The highest BCUT2D eigenvalue weighted by Gasteiger charge is 2.41. The number of aromatic hydroxyl groups is 1. The maximum atomic E-state index is 9.42. The van der Waals surface area contributed by atoms with Gasteiger partial charge in [0.05, 0.1) is 0 Å².